The predicted molar refractivity (Wildman–Crippen MR) is 70.7 cm³/mol. The first-order valence-electron chi connectivity index (χ1n) is 4.94. The maximum Gasteiger partial charge on any atom is 0.274 e. The van der Waals surface area contributed by atoms with Gasteiger partial charge in [0.2, 0.25) is 0 Å². The summed E-state index contributed by atoms with van der Waals surface area (Å²) < 4.78 is 0.827. The summed E-state index contributed by atoms with van der Waals surface area (Å²) in [6.07, 6.45) is 1.57. The van der Waals surface area contributed by atoms with E-state index in [1.807, 2.05) is 6.07 Å². The first-order valence-corrected chi connectivity index (χ1v) is 5.73. The van der Waals surface area contributed by atoms with Crippen molar-refractivity contribution in [2.75, 3.05) is 11.1 Å². The fraction of sp³-hybridized carbons (Fsp3) is 0. The Morgan fingerprint density at radius 3 is 2.65 bits per heavy atom. The highest BCUT2D eigenvalue weighted by atomic mass is 79.9. The highest BCUT2D eigenvalue weighted by molar-refractivity contribution is 9.10. The Bertz CT molecular complexity index is 540. The van der Waals surface area contributed by atoms with Crippen molar-refractivity contribution in [3.8, 4) is 0 Å². The van der Waals surface area contributed by atoms with Crippen molar-refractivity contribution in [1.82, 2.24) is 4.98 Å². The van der Waals surface area contributed by atoms with E-state index in [2.05, 4.69) is 26.2 Å². The van der Waals surface area contributed by atoms with Crippen LogP contribution in [0.4, 0.5) is 11.4 Å². The minimum atomic E-state index is -0.282. The number of amides is 1. The Morgan fingerprint density at radius 1 is 1.24 bits per heavy atom. The molecule has 4 nitrogen and oxygen atoms in total. The molecule has 2 aromatic rings. The van der Waals surface area contributed by atoms with Crippen LogP contribution in [0.2, 0.25) is 0 Å². The van der Waals surface area contributed by atoms with Crippen LogP contribution in [-0.4, -0.2) is 10.9 Å². The molecule has 0 radical (unpaired) electrons. The second-order valence-electron chi connectivity index (χ2n) is 3.40. The Balaban J connectivity index is 2.17. The number of carbonyl (C=O) groups is 1. The van der Waals surface area contributed by atoms with Crippen LogP contribution in [0.5, 0.6) is 0 Å². The molecule has 0 unspecified atom stereocenters. The summed E-state index contributed by atoms with van der Waals surface area (Å²) in [6, 6.07) is 10.5. The van der Waals surface area contributed by atoms with Crippen molar-refractivity contribution in [3.05, 3.63) is 52.8 Å². The van der Waals surface area contributed by atoms with E-state index >= 15 is 0 Å². The number of nitrogens with zero attached hydrogens (tertiary/aromatic N) is 1. The van der Waals surface area contributed by atoms with Gasteiger partial charge in [-0.1, -0.05) is 12.1 Å². The molecular weight excluding hydrogens is 282 g/mol. The number of carbonyl (C=O) groups excluding carboxylic acids is 1. The molecule has 0 saturated heterocycles. The van der Waals surface area contributed by atoms with Crippen molar-refractivity contribution < 1.29 is 4.79 Å². The third-order valence-corrected chi connectivity index (χ3v) is 2.64. The predicted octanol–water partition coefficient (Wildman–Crippen LogP) is 2.68. The Hall–Kier alpha value is -1.88. The lowest BCUT2D eigenvalue weighted by Gasteiger charge is -2.07. The molecule has 1 amide bonds. The van der Waals surface area contributed by atoms with E-state index in [9.17, 15) is 4.79 Å². The topological polar surface area (TPSA) is 68.0 Å². The highest BCUT2D eigenvalue weighted by Crippen LogP contribution is 2.17. The first kappa shape index (κ1) is 11.6. The van der Waals surface area contributed by atoms with Gasteiger partial charge in [0.15, 0.2) is 0 Å². The van der Waals surface area contributed by atoms with Crippen LogP contribution >= 0.6 is 15.9 Å². The monoisotopic (exact) mass is 291 g/mol. The lowest BCUT2D eigenvalue weighted by molar-refractivity contribution is 0.102. The van der Waals surface area contributed by atoms with E-state index in [1.165, 1.54) is 0 Å². The summed E-state index contributed by atoms with van der Waals surface area (Å²) in [5.74, 6) is -0.282. The minimum absolute atomic E-state index is 0.282. The Morgan fingerprint density at radius 2 is 2.00 bits per heavy atom. The van der Waals surface area contributed by atoms with Crippen LogP contribution in [0.1, 0.15) is 10.5 Å². The van der Waals surface area contributed by atoms with Gasteiger partial charge in [0.1, 0.15) is 5.69 Å². The van der Waals surface area contributed by atoms with Crippen LogP contribution in [-0.2, 0) is 0 Å². The zero-order valence-electron chi connectivity index (χ0n) is 8.85. The number of nitrogens with two attached hydrogens (primary N) is 1. The summed E-state index contributed by atoms with van der Waals surface area (Å²) in [5.41, 5.74) is 7.18. The van der Waals surface area contributed by atoms with Crippen LogP contribution in [0, 0.1) is 0 Å². The molecule has 5 heteroatoms. The van der Waals surface area contributed by atoms with E-state index in [-0.39, 0.29) is 5.91 Å². The van der Waals surface area contributed by atoms with E-state index < -0.39 is 0 Å². The number of aromatic nitrogens is 1. The fourth-order valence-corrected chi connectivity index (χ4v) is 1.54. The number of pyridine rings is 1. The molecule has 0 aliphatic rings. The maximum absolute atomic E-state index is 11.8. The standard InChI is InChI=1S/C12H10BrN3O/c13-8-5-6-11(15-7-8)12(17)16-10-4-2-1-3-9(10)14/h1-7H,14H2,(H,16,17). The number of benzene rings is 1. The summed E-state index contributed by atoms with van der Waals surface area (Å²) in [4.78, 5) is 15.8. The molecule has 0 fully saturated rings. The second kappa shape index (κ2) is 4.97. The molecule has 1 aromatic heterocycles. The molecule has 0 aliphatic carbocycles. The van der Waals surface area contributed by atoms with Crippen LogP contribution in [0.15, 0.2) is 47.1 Å². The molecule has 17 heavy (non-hydrogen) atoms. The molecule has 0 atom stereocenters. The number of halogens is 1. The SMILES string of the molecule is Nc1ccccc1NC(=O)c1ccc(Br)cn1. The van der Waals surface area contributed by atoms with Gasteiger partial charge in [-0.05, 0) is 40.2 Å². The van der Waals surface area contributed by atoms with Crippen molar-refractivity contribution in [2.45, 2.75) is 0 Å². The zero-order valence-corrected chi connectivity index (χ0v) is 10.4. The van der Waals surface area contributed by atoms with Gasteiger partial charge in [-0.15, -0.1) is 0 Å². The van der Waals surface area contributed by atoms with E-state index in [4.69, 9.17) is 5.73 Å². The second-order valence-corrected chi connectivity index (χ2v) is 4.32. The lowest BCUT2D eigenvalue weighted by atomic mass is 10.2. The molecule has 2 rings (SSSR count). The number of nitrogen functional groups attached to an aromatic ring is 1. The largest absolute Gasteiger partial charge is 0.397 e. The number of nitrogens with one attached hydrogen (secondary N) is 1. The van der Waals surface area contributed by atoms with Gasteiger partial charge >= 0.3 is 0 Å². The number of para-hydroxylation sites is 2. The van der Waals surface area contributed by atoms with Crippen LogP contribution < -0.4 is 11.1 Å². The molecule has 3 N–H and O–H groups in total. The normalized spacial score (nSPS) is 9.94. The van der Waals surface area contributed by atoms with Gasteiger partial charge in [-0.2, -0.15) is 0 Å². The lowest BCUT2D eigenvalue weighted by Crippen LogP contribution is -2.14. The highest BCUT2D eigenvalue weighted by Gasteiger charge is 2.08. The third kappa shape index (κ3) is 2.82. The number of rotatable bonds is 2. The van der Waals surface area contributed by atoms with Gasteiger partial charge in [0.05, 0.1) is 11.4 Å². The fourth-order valence-electron chi connectivity index (χ4n) is 1.31. The Kier molecular flexibility index (Phi) is 3.39. The van der Waals surface area contributed by atoms with E-state index in [0.29, 0.717) is 17.1 Å². The van der Waals surface area contributed by atoms with E-state index in [1.54, 1.807) is 36.5 Å². The van der Waals surface area contributed by atoms with Gasteiger partial charge in [-0.25, -0.2) is 4.98 Å². The number of hydrogen-bond donors (Lipinski definition) is 2. The average molecular weight is 292 g/mol. The van der Waals surface area contributed by atoms with Gasteiger partial charge in [0.25, 0.3) is 5.91 Å². The van der Waals surface area contributed by atoms with Gasteiger partial charge in [-0.3, -0.25) is 4.79 Å². The van der Waals surface area contributed by atoms with Crippen LogP contribution in [0.25, 0.3) is 0 Å². The van der Waals surface area contributed by atoms with E-state index in [0.717, 1.165) is 4.47 Å². The molecule has 86 valence electrons. The quantitative estimate of drug-likeness (QED) is 0.836. The first-order chi connectivity index (χ1) is 8.16. The summed E-state index contributed by atoms with van der Waals surface area (Å²) >= 11 is 3.26. The van der Waals surface area contributed by atoms with Crippen molar-refractivity contribution in [2.24, 2.45) is 0 Å². The third-order valence-electron chi connectivity index (χ3n) is 2.17. The summed E-state index contributed by atoms with van der Waals surface area (Å²) in [6.45, 7) is 0. The molecule has 1 heterocycles. The molecule has 0 saturated carbocycles. The molecule has 0 bridgehead atoms. The molecule has 1 aromatic carbocycles. The van der Waals surface area contributed by atoms with Crippen molar-refractivity contribution in [3.63, 3.8) is 0 Å². The van der Waals surface area contributed by atoms with Crippen molar-refractivity contribution >= 4 is 33.2 Å². The van der Waals surface area contributed by atoms with Crippen molar-refractivity contribution in [1.29, 1.82) is 0 Å². The zero-order chi connectivity index (χ0) is 12.3. The molecule has 0 spiro atoms. The number of hydrogen-bond acceptors (Lipinski definition) is 3. The minimum Gasteiger partial charge on any atom is -0.397 e. The Labute approximate surface area is 107 Å². The van der Waals surface area contributed by atoms with Gasteiger partial charge < -0.3 is 11.1 Å². The molecular formula is C12H10BrN3O. The van der Waals surface area contributed by atoms with Crippen LogP contribution in [0.3, 0.4) is 0 Å². The van der Waals surface area contributed by atoms with Gasteiger partial charge in [0, 0.05) is 10.7 Å². The average Bonchev–Trinajstić information content (AvgIpc) is 2.33. The maximum atomic E-state index is 11.8. The smallest absolute Gasteiger partial charge is 0.274 e. The summed E-state index contributed by atoms with van der Waals surface area (Å²) in [7, 11) is 0. The number of anilines is 2. The summed E-state index contributed by atoms with van der Waals surface area (Å²) in [5, 5.41) is 2.70. The molecule has 0 aliphatic heterocycles.